The molecule has 2 unspecified atom stereocenters. The Balaban J connectivity index is 1.52. The lowest BCUT2D eigenvalue weighted by molar-refractivity contribution is -0.248. The van der Waals surface area contributed by atoms with Crippen LogP contribution in [-0.2, 0) is 14.3 Å². The summed E-state index contributed by atoms with van der Waals surface area (Å²) in [6.07, 6.45) is 7.36. The minimum atomic E-state index is -1.18. The first-order chi connectivity index (χ1) is 13.7. The predicted molar refractivity (Wildman–Crippen MR) is 104 cm³/mol. The zero-order chi connectivity index (χ0) is 20.7. The maximum absolute atomic E-state index is 12.5. The minimum absolute atomic E-state index is 0.0504. The second-order valence-corrected chi connectivity index (χ2v) is 10.6. The number of aldehydes is 1. The summed E-state index contributed by atoms with van der Waals surface area (Å²) in [5, 5.41) is 33.7. The third-order valence-electron chi connectivity index (χ3n) is 9.85. The molecule has 4 fully saturated rings. The van der Waals surface area contributed by atoms with E-state index in [1.54, 1.807) is 6.08 Å². The molecule has 0 aromatic rings. The van der Waals surface area contributed by atoms with Gasteiger partial charge in [-0.25, -0.2) is 4.79 Å². The zero-order valence-corrected chi connectivity index (χ0v) is 17.1. The van der Waals surface area contributed by atoms with Crippen molar-refractivity contribution in [2.45, 2.75) is 82.0 Å². The molecular formula is C23H32O6. The molecule has 4 saturated carbocycles. The van der Waals surface area contributed by atoms with Crippen LogP contribution in [0.25, 0.3) is 0 Å². The van der Waals surface area contributed by atoms with Gasteiger partial charge in [0.25, 0.3) is 0 Å². The fourth-order valence-electron chi connectivity index (χ4n) is 8.34. The third-order valence-corrected chi connectivity index (χ3v) is 9.85. The highest BCUT2D eigenvalue weighted by Gasteiger charge is 2.71. The topological polar surface area (TPSA) is 104 Å². The molecule has 3 N–H and O–H groups in total. The van der Waals surface area contributed by atoms with Gasteiger partial charge in [-0.05, 0) is 74.7 Å². The van der Waals surface area contributed by atoms with Crippen molar-refractivity contribution in [3.05, 3.63) is 11.6 Å². The molecule has 4 aliphatic carbocycles. The van der Waals surface area contributed by atoms with Gasteiger partial charge in [0.1, 0.15) is 12.9 Å². The molecule has 0 amide bonds. The average molecular weight is 405 g/mol. The molecule has 0 bridgehead atoms. The van der Waals surface area contributed by atoms with Crippen LogP contribution in [0.3, 0.4) is 0 Å². The van der Waals surface area contributed by atoms with Gasteiger partial charge in [0.2, 0.25) is 0 Å². The minimum Gasteiger partial charge on any atom is -0.458 e. The number of hydrogen-bond acceptors (Lipinski definition) is 6. The highest BCUT2D eigenvalue weighted by molar-refractivity contribution is 5.85. The standard InChI is InChI=1S/C23H32O6/c1-20-6-3-17-18(4-8-22(27)11-15(25)2-7-21(17,22)13-24)23(20,28)9-5-16(20)14-10-19(26)29-12-14/h10,13,15-18,25,27-28H,2-9,11-12H2,1H3/t15-,16+,17?,18?,20-,21-,22+,23-/m0/s1. The van der Waals surface area contributed by atoms with E-state index in [4.69, 9.17) is 4.74 Å². The van der Waals surface area contributed by atoms with E-state index in [9.17, 15) is 24.9 Å². The summed E-state index contributed by atoms with van der Waals surface area (Å²) >= 11 is 0. The molecule has 1 heterocycles. The van der Waals surface area contributed by atoms with E-state index < -0.39 is 22.7 Å². The summed E-state index contributed by atoms with van der Waals surface area (Å²) in [6, 6.07) is 0. The van der Waals surface area contributed by atoms with Crippen LogP contribution < -0.4 is 0 Å². The molecule has 6 nitrogen and oxygen atoms in total. The average Bonchev–Trinajstić information content (AvgIpc) is 3.21. The molecule has 0 saturated heterocycles. The van der Waals surface area contributed by atoms with E-state index in [-0.39, 0.29) is 35.6 Å². The summed E-state index contributed by atoms with van der Waals surface area (Å²) in [5.41, 5.74) is -2.34. The van der Waals surface area contributed by atoms with Crippen LogP contribution in [0.2, 0.25) is 0 Å². The van der Waals surface area contributed by atoms with Crippen LogP contribution in [-0.4, -0.2) is 51.5 Å². The highest BCUT2D eigenvalue weighted by Crippen LogP contribution is 2.70. The largest absolute Gasteiger partial charge is 0.458 e. The number of carbonyl (C=O) groups excluding carboxylic acids is 2. The summed E-state index contributed by atoms with van der Waals surface area (Å²) in [5.74, 6) is -0.304. The molecule has 1 aliphatic heterocycles. The van der Waals surface area contributed by atoms with E-state index in [0.29, 0.717) is 38.7 Å². The first-order valence-corrected chi connectivity index (χ1v) is 11.2. The van der Waals surface area contributed by atoms with E-state index in [1.165, 1.54) is 0 Å². The van der Waals surface area contributed by atoms with Crippen LogP contribution in [0.5, 0.6) is 0 Å². The summed E-state index contributed by atoms with van der Waals surface area (Å²) < 4.78 is 5.15. The molecule has 5 aliphatic rings. The molecule has 0 aromatic carbocycles. The molecule has 0 radical (unpaired) electrons. The number of carbonyl (C=O) groups is 2. The van der Waals surface area contributed by atoms with Crippen molar-refractivity contribution >= 4 is 12.3 Å². The number of rotatable bonds is 2. The van der Waals surface area contributed by atoms with Crippen molar-refractivity contribution < 1.29 is 29.6 Å². The summed E-state index contributed by atoms with van der Waals surface area (Å²) in [4.78, 5) is 24.1. The van der Waals surface area contributed by atoms with Gasteiger partial charge < -0.3 is 24.9 Å². The predicted octanol–water partition coefficient (Wildman–Crippen LogP) is 1.90. The van der Waals surface area contributed by atoms with Crippen LogP contribution in [0.15, 0.2) is 11.6 Å². The van der Waals surface area contributed by atoms with Crippen molar-refractivity contribution in [3.8, 4) is 0 Å². The first-order valence-electron chi connectivity index (χ1n) is 11.2. The Labute approximate surface area is 171 Å². The highest BCUT2D eigenvalue weighted by atomic mass is 16.5. The first kappa shape index (κ1) is 19.7. The van der Waals surface area contributed by atoms with Gasteiger partial charge in [0.05, 0.1) is 22.7 Å². The SMILES string of the molecule is C[C@@]12CCC3C(CC[C@@]4(O)C[C@@H](O)CC[C@]34C=O)[C@@]1(O)CC[C@@H]2C1=CC(=O)OC1. The number of hydrogen-bond donors (Lipinski definition) is 3. The quantitative estimate of drug-likeness (QED) is 0.480. The fraction of sp³-hybridized carbons (Fsp3) is 0.826. The number of aliphatic hydroxyl groups is 3. The Kier molecular flexibility index (Phi) is 4.18. The van der Waals surface area contributed by atoms with Crippen LogP contribution in [0, 0.1) is 28.6 Å². The van der Waals surface area contributed by atoms with E-state index in [0.717, 1.165) is 31.1 Å². The number of esters is 1. The van der Waals surface area contributed by atoms with Crippen molar-refractivity contribution in [1.29, 1.82) is 0 Å². The second kappa shape index (κ2) is 6.14. The third kappa shape index (κ3) is 2.34. The number of ether oxygens (including phenoxy) is 1. The summed E-state index contributed by atoms with van der Waals surface area (Å²) in [6.45, 7) is 2.46. The molecule has 160 valence electrons. The molecule has 8 atom stereocenters. The lowest BCUT2D eigenvalue weighted by atomic mass is 9.41. The number of aliphatic hydroxyl groups excluding tert-OH is 1. The van der Waals surface area contributed by atoms with E-state index in [1.807, 2.05) is 0 Å². The van der Waals surface area contributed by atoms with Gasteiger partial charge in [0, 0.05) is 17.9 Å². The smallest absolute Gasteiger partial charge is 0.331 e. The van der Waals surface area contributed by atoms with E-state index >= 15 is 0 Å². The Hall–Kier alpha value is -1.24. The van der Waals surface area contributed by atoms with E-state index in [2.05, 4.69) is 6.92 Å². The van der Waals surface area contributed by atoms with Crippen LogP contribution >= 0.6 is 0 Å². The monoisotopic (exact) mass is 404 g/mol. The molecule has 6 heteroatoms. The maximum Gasteiger partial charge on any atom is 0.331 e. The van der Waals surface area contributed by atoms with Gasteiger partial charge in [-0.15, -0.1) is 0 Å². The molecule has 0 spiro atoms. The van der Waals surface area contributed by atoms with Crippen LogP contribution in [0.1, 0.15) is 64.7 Å². The lowest BCUT2D eigenvalue weighted by Crippen LogP contribution is -2.68. The zero-order valence-electron chi connectivity index (χ0n) is 17.1. The van der Waals surface area contributed by atoms with Crippen molar-refractivity contribution in [1.82, 2.24) is 0 Å². The van der Waals surface area contributed by atoms with Crippen molar-refractivity contribution in [2.24, 2.45) is 28.6 Å². The second-order valence-electron chi connectivity index (χ2n) is 10.6. The molecular weight excluding hydrogens is 372 g/mol. The molecule has 29 heavy (non-hydrogen) atoms. The normalized spacial score (nSPS) is 54.1. The Bertz CT molecular complexity index is 777. The van der Waals surface area contributed by atoms with Gasteiger partial charge >= 0.3 is 5.97 Å². The van der Waals surface area contributed by atoms with Gasteiger partial charge in [-0.3, -0.25) is 0 Å². The fourth-order valence-corrected chi connectivity index (χ4v) is 8.34. The van der Waals surface area contributed by atoms with Gasteiger partial charge in [0.15, 0.2) is 0 Å². The summed E-state index contributed by atoms with van der Waals surface area (Å²) in [7, 11) is 0. The Morgan fingerprint density at radius 3 is 2.52 bits per heavy atom. The molecule has 5 rings (SSSR count). The Morgan fingerprint density at radius 1 is 1.07 bits per heavy atom. The lowest BCUT2D eigenvalue weighted by Gasteiger charge is -2.65. The Morgan fingerprint density at radius 2 is 1.83 bits per heavy atom. The molecule has 0 aromatic heterocycles. The van der Waals surface area contributed by atoms with Gasteiger partial charge in [-0.1, -0.05) is 6.92 Å². The van der Waals surface area contributed by atoms with Crippen molar-refractivity contribution in [2.75, 3.05) is 6.61 Å². The van der Waals surface area contributed by atoms with Crippen molar-refractivity contribution in [3.63, 3.8) is 0 Å². The number of cyclic esters (lactones) is 1. The number of fused-ring (bicyclic) bond motifs is 5. The van der Waals surface area contributed by atoms with Crippen LogP contribution in [0.4, 0.5) is 0 Å². The van der Waals surface area contributed by atoms with Gasteiger partial charge in [-0.2, -0.15) is 0 Å². The maximum atomic E-state index is 12.5.